The minimum atomic E-state index is -0.265. The summed E-state index contributed by atoms with van der Waals surface area (Å²) >= 11 is 4.68. The summed E-state index contributed by atoms with van der Waals surface area (Å²) in [7, 11) is 0. The lowest BCUT2D eigenvalue weighted by molar-refractivity contribution is 0.0968. The number of thiophene rings is 1. The van der Waals surface area contributed by atoms with E-state index >= 15 is 0 Å². The normalized spacial score (nSPS) is 11.6. The fourth-order valence-electron chi connectivity index (χ4n) is 1.66. The predicted octanol–water partition coefficient (Wildman–Crippen LogP) is 3.25. The van der Waals surface area contributed by atoms with Gasteiger partial charge < -0.3 is 0 Å². The van der Waals surface area contributed by atoms with Crippen molar-refractivity contribution < 1.29 is 4.79 Å². The van der Waals surface area contributed by atoms with Crippen molar-refractivity contribution >= 4 is 33.0 Å². The van der Waals surface area contributed by atoms with E-state index in [0.29, 0.717) is 4.88 Å². The summed E-state index contributed by atoms with van der Waals surface area (Å²) in [6, 6.07) is 4.99. The van der Waals surface area contributed by atoms with E-state index in [1.54, 1.807) is 6.07 Å². The van der Waals surface area contributed by atoms with Gasteiger partial charge >= 0.3 is 0 Å². The number of carbonyl (C=O) groups is 1. The lowest BCUT2D eigenvalue weighted by Gasteiger charge is -2.18. The lowest BCUT2D eigenvalue weighted by Crippen LogP contribution is -2.29. The van der Waals surface area contributed by atoms with Crippen LogP contribution in [0.5, 0.6) is 0 Å². The summed E-state index contributed by atoms with van der Waals surface area (Å²) in [6.45, 7) is 6.01. The Kier molecular flexibility index (Phi) is 4.25. The predicted molar refractivity (Wildman–Crippen MR) is 83.5 cm³/mol. The summed E-state index contributed by atoms with van der Waals surface area (Å²) in [4.78, 5) is 24.6. The Labute approximate surface area is 129 Å². The smallest absolute Gasteiger partial charge is 0.267 e. The Morgan fingerprint density at radius 1 is 1.35 bits per heavy atom. The summed E-state index contributed by atoms with van der Waals surface area (Å²) in [6.07, 6.45) is 0. The highest BCUT2D eigenvalue weighted by Crippen LogP contribution is 2.23. The molecule has 2 heterocycles. The number of aromatic nitrogens is 2. The monoisotopic (exact) mass is 354 g/mol. The van der Waals surface area contributed by atoms with E-state index in [-0.39, 0.29) is 23.3 Å². The molecule has 0 N–H and O–H groups in total. The van der Waals surface area contributed by atoms with Crippen LogP contribution in [0.2, 0.25) is 0 Å². The summed E-state index contributed by atoms with van der Waals surface area (Å²) in [5, 5.41) is 6.13. The first-order valence-corrected chi connectivity index (χ1v) is 7.81. The van der Waals surface area contributed by atoms with Gasteiger partial charge in [-0.1, -0.05) is 20.8 Å². The van der Waals surface area contributed by atoms with Crippen molar-refractivity contribution in [2.24, 2.45) is 0 Å². The van der Waals surface area contributed by atoms with Gasteiger partial charge in [-0.25, -0.2) is 4.68 Å². The van der Waals surface area contributed by atoms with E-state index in [1.807, 2.05) is 32.2 Å². The molecule has 0 aliphatic carbocycles. The number of hydrogen-bond acceptors (Lipinski definition) is 4. The van der Waals surface area contributed by atoms with Crippen LogP contribution in [0.3, 0.4) is 0 Å². The van der Waals surface area contributed by atoms with E-state index in [9.17, 15) is 9.59 Å². The van der Waals surface area contributed by atoms with Crippen molar-refractivity contribution in [3.8, 4) is 0 Å². The van der Waals surface area contributed by atoms with Gasteiger partial charge in [-0.05, 0) is 33.4 Å². The standard InChI is InChI=1S/C14H15BrN2O2S/c1-14(2,3)11-4-5-12(19)17(16-11)8-10(18)13-9(15)6-7-20-13/h4-7H,8H2,1-3H3. The third-order valence-electron chi connectivity index (χ3n) is 2.80. The molecule has 0 bridgehead atoms. The van der Waals surface area contributed by atoms with Crippen LogP contribution >= 0.6 is 27.3 Å². The number of Topliss-reactive ketones (excluding diaryl/α,β-unsaturated/α-hetero) is 1. The number of rotatable bonds is 3. The molecular formula is C14H15BrN2O2S. The first kappa shape index (κ1) is 15.1. The van der Waals surface area contributed by atoms with Crippen molar-refractivity contribution in [3.05, 3.63) is 49.0 Å². The number of hydrogen-bond donors (Lipinski definition) is 0. The fourth-order valence-corrected chi connectivity index (χ4v) is 3.19. The van der Waals surface area contributed by atoms with Gasteiger partial charge in [0.05, 0.1) is 10.6 Å². The number of ketones is 1. The average molecular weight is 355 g/mol. The van der Waals surface area contributed by atoms with Crippen LogP contribution in [-0.2, 0) is 12.0 Å². The first-order valence-electron chi connectivity index (χ1n) is 6.14. The zero-order valence-electron chi connectivity index (χ0n) is 11.5. The van der Waals surface area contributed by atoms with Gasteiger partial charge in [0.2, 0.25) is 0 Å². The third-order valence-corrected chi connectivity index (χ3v) is 4.68. The second kappa shape index (κ2) is 5.61. The topological polar surface area (TPSA) is 52.0 Å². The molecular weight excluding hydrogens is 340 g/mol. The van der Waals surface area contributed by atoms with Crippen molar-refractivity contribution in [1.82, 2.24) is 9.78 Å². The molecule has 0 aliphatic rings. The highest BCUT2D eigenvalue weighted by Gasteiger charge is 2.18. The number of carbonyl (C=O) groups excluding carboxylic acids is 1. The van der Waals surface area contributed by atoms with E-state index in [1.165, 1.54) is 22.1 Å². The molecule has 0 atom stereocenters. The second-order valence-electron chi connectivity index (χ2n) is 5.49. The van der Waals surface area contributed by atoms with E-state index < -0.39 is 0 Å². The molecule has 0 saturated heterocycles. The van der Waals surface area contributed by atoms with E-state index in [0.717, 1.165) is 10.2 Å². The van der Waals surface area contributed by atoms with Crippen LogP contribution in [0.25, 0.3) is 0 Å². The maximum absolute atomic E-state index is 12.2. The maximum atomic E-state index is 12.2. The molecule has 2 aromatic rings. The zero-order chi connectivity index (χ0) is 14.9. The van der Waals surface area contributed by atoms with E-state index in [4.69, 9.17) is 0 Å². The maximum Gasteiger partial charge on any atom is 0.267 e. The first-order chi connectivity index (χ1) is 9.29. The van der Waals surface area contributed by atoms with Gasteiger partial charge in [0.1, 0.15) is 6.54 Å². The van der Waals surface area contributed by atoms with Crippen LogP contribution in [0.1, 0.15) is 36.1 Å². The Bertz CT molecular complexity index is 698. The van der Waals surface area contributed by atoms with Crippen LogP contribution in [-0.4, -0.2) is 15.6 Å². The largest absolute Gasteiger partial charge is 0.291 e. The van der Waals surface area contributed by atoms with Gasteiger partial charge in [0.15, 0.2) is 5.78 Å². The molecule has 0 aromatic carbocycles. The van der Waals surface area contributed by atoms with E-state index in [2.05, 4.69) is 21.0 Å². The Balaban J connectivity index is 2.32. The molecule has 0 radical (unpaired) electrons. The molecule has 0 spiro atoms. The molecule has 20 heavy (non-hydrogen) atoms. The van der Waals surface area contributed by atoms with Gasteiger partial charge in [-0.15, -0.1) is 11.3 Å². The highest BCUT2D eigenvalue weighted by atomic mass is 79.9. The molecule has 6 heteroatoms. The molecule has 0 unspecified atom stereocenters. The fraction of sp³-hybridized carbons (Fsp3) is 0.357. The van der Waals surface area contributed by atoms with Crippen LogP contribution in [0.15, 0.2) is 32.8 Å². The molecule has 0 saturated carbocycles. The van der Waals surface area contributed by atoms with Crippen molar-refractivity contribution in [3.63, 3.8) is 0 Å². The van der Waals surface area contributed by atoms with Crippen LogP contribution in [0.4, 0.5) is 0 Å². The Hall–Kier alpha value is -1.27. The third kappa shape index (κ3) is 3.24. The molecule has 0 amide bonds. The second-order valence-corrected chi connectivity index (χ2v) is 7.26. The zero-order valence-corrected chi connectivity index (χ0v) is 13.9. The average Bonchev–Trinajstić information content (AvgIpc) is 2.77. The van der Waals surface area contributed by atoms with Gasteiger partial charge in [0.25, 0.3) is 5.56 Å². The van der Waals surface area contributed by atoms with Crippen molar-refractivity contribution in [2.45, 2.75) is 32.7 Å². The molecule has 2 rings (SSSR count). The Morgan fingerprint density at radius 2 is 2.05 bits per heavy atom. The van der Waals surface area contributed by atoms with Crippen LogP contribution in [0, 0.1) is 0 Å². The molecule has 106 valence electrons. The molecule has 0 fully saturated rings. The molecule has 0 aliphatic heterocycles. The van der Waals surface area contributed by atoms with Crippen LogP contribution < -0.4 is 5.56 Å². The SMILES string of the molecule is CC(C)(C)c1ccc(=O)n(CC(=O)c2sccc2Br)n1. The summed E-state index contributed by atoms with van der Waals surface area (Å²) in [5.41, 5.74) is 0.358. The number of halogens is 1. The minimum Gasteiger partial charge on any atom is -0.291 e. The summed E-state index contributed by atoms with van der Waals surface area (Å²) in [5.74, 6) is -0.118. The van der Waals surface area contributed by atoms with Gasteiger partial charge in [-0.2, -0.15) is 5.10 Å². The van der Waals surface area contributed by atoms with Gasteiger partial charge in [-0.3, -0.25) is 9.59 Å². The van der Waals surface area contributed by atoms with Crippen molar-refractivity contribution in [1.29, 1.82) is 0 Å². The molecule has 4 nitrogen and oxygen atoms in total. The quantitative estimate of drug-likeness (QED) is 0.795. The lowest BCUT2D eigenvalue weighted by atomic mass is 9.92. The van der Waals surface area contributed by atoms with Crippen molar-refractivity contribution in [2.75, 3.05) is 0 Å². The number of nitrogens with zero attached hydrogens (tertiary/aromatic N) is 2. The summed E-state index contributed by atoms with van der Waals surface area (Å²) < 4.78 is 1.99. The minimum absolute atomic E-state index is 0.0398. The Morgan fingerprint density at radius 3 is 2.60 bits per heavy atom. The molecule has 2 aromatic heterocycles. The highest BCUT2D eigenvalue weighted by molar-refractivity contribution is 9.10. The van der Waals surface area contributed by atoms with Gasteiger partial charge in [0, 0.05) is 16.0 Å².